The van der Waals surface area contributed by atoms with E-state index in [0.717, 1.165) is 0 Å². The lowest BCUT2D eigenvalue weighted by Gasteiger charge is -2.46. The Hall–Kier alpha value is -2.59. The highest BCUT2D eigenvalue weighted by Crippen LogP contribution is 2.39. The molecule has 1 unspecified atom stereocenters. The number of hydrogen-bond acceptors (Lipinski definition) is 7. The van der Waals surface area contributed by atoms with Crippen LogP contribution in [0.4, 0.5) is 5.69 Å². The number of carbonyl (C=O) groups is 3. The maximum absolute atomic E-state index is 12.7. The number of nitro benzene ring substituents is 1. The Bertz CT molecular complexity index is 908. The van der Waals surface area contributed by atoms with Gasteiger partial charge in [0.1, 0.15) is 18.8 Å². The number of esters is 1. The molecule has 0 radical (unpaired) electrons. The molecule has 33 heavy (non-hydrogen) atoms. The summed E-state index contributed by atoms with van der Waals surface area (Å²) in [5.41, 5.74) is 0.523. The van der Waals surface area contributed by atoms with Gasteiger partial charge in [0.2, 0.25) is 5.91 Å². The number of β-lactam (4-membered cyclic amide) rings is 1. The van der Waals surface area contributed by atoms with Crippen molar-refractivity contribution in [1.82, 2.24) is 5.32 Å². The Morgan fingerprint density at radius 2 is 1.76 bits per heavy atom. The molecule has 1 aliphatic heterocycles. The molecule has 1 saturated heterocycles. The highest BCUT2D eigenvalue weighted by molar-refractivity contribution is 6.74. The van der Waals surface area contributed by atoms with E-state index in [1.54, 1.807) is 6.92 Å². The van der Waals surface area contributed by atoms with Crippen molar-refractivity contribution < 1.29 is 28.5 Å². The van der Waals surface area contributed by atoms with Crippen LogP contribution in [0.3, 0.4) is 0 Å². The Balaban J connectivity index is 1.90. The number of nitro groups is 1. The topological polar surface area (TPSA) is 125 Å². The summed E-state index contributed by atoms with van der Waals surface area (Å²) < 4.78 is 11.5. The Morgan fingerprint density at radius 3 is 2.24 bits per heavy atom. The Kier molecular flexibility index (Phi) is 8.18. The van der Waals surface area contributed by atoms with Gasteiger partial charge in [0.25, 0.3) is 5.69 Å². The summed E-state index contributed by atoms with van der Waals surface area (Å²) in [7, 11) is -2.09. The van der Waals surface area contributed by atoms with Gasteiger partial charge in [-0.05, 0) is 42.8 Å². The number of benzene rings is 1. The first-order valence-corrected chi connectivity index (χ1v) is 13.9. The van der Waals surface area contributed by atoms with Crippen LogP contribution in [0, 0.1) is 22.0 Å². The summed E-state index contributed by atoms with van der Waals surface area (Å²) in [4.78, 5) is 47.3. The van der Waals surface area contributed by atoms with Gasteiger partial charge in [0, 0.05) is 18.1 Å². The molecule has 10 heteroatoms. The number of non-ortho nitro benzene ring substituents is 1. The molecule has 0 bridgehead atoms. The average molecular weight is 479 g/mol. The molecule has 1 fully saturated rings. The van der Waals surface area contributed by atoms with Crippen LogP contribution in [-0.4, -0.2) is 43.0 Å². The second-order valence-corrected chi connectivity index (χ2v) is 14.9. The van der Waals surface area contributed by atoms with E-state index in [1.165, 1.54) is 24.3 Å². The zero-order valence-electron chi connectivity index (χ0n) is 20.3. The number of nitrogens with zero attached hydrogens (tertiary/aromatic N) is 1. The lowest BCUT2D eigenvalue weighted by atomic mass is 9.77. The molecule has 4 atom stereocenters. The smallest absolute Gasteiger partial charge is 0.313 e. The molecule has 0 aromatic heterocycles. The van der Waals surface area contributed by atoms with Gasteiger partial charge in [-0.15, -0.1) is 0 Å². The number of nitrogens with one attached hydrogen (secondary N) is 1. The van der Waals surface area contributed by atoms with Crippen molar-refractivity contribution in [1.29, 1.82) is 0 Å². The highest BCUT2D eigenvalue weighted by Gasteiger charge is 2.50. The summed E-state index contributed by atoms with van der Waals surface area (Å²) in [5.74, 6) is -2.16. The molecule has 0 spiro atoms. The molecule has 1 aromatic carbocycles. The predicted molar refractivity (Wildman–Crippen MR) is 125 cm³/mol. The molecular formula is C23H34N2O7Si. The van der Waals surface area contributed by atoms with E-state index >= 15 is 0 Å². The maximum atomic E-state index is 12.7. The zero-order valence-corrected chi connectivity index (χ0v) is 21.3. The standard InChI is InChI=1S/C23H34N2O7Si/c1-14(21-20(22(28)24-21)15(2)32-33(6,7)23(3,4)5)18(26)12-19(27)31-13-16-8-10-17(11-9-16)25(29)30/h8-11,14-15,20-21H,12-13H2,1-7H3,(H,24,28)/t14?,15-,20+,21-/m1/s1. The van der Waals surface area contributed by atoms with Crippen LogP contribution < -0.4 is 5.32 Å². The third-order valence-electron chi connectivity index (χ3n) is 6.70. The normalized spacial score (nSPS) is 20.3. The second kappa shape index (κ2) is 10.1. The molecular weight excluding hydrogens is 444 g/mol. The first kappa shape index (κ1) is 26.7. The number of ether oxygens (including phenoxy) is 1. The number of rotatable bonds is 10. The monoisotopic (exact) mass is 478 g/mol. The average Bonchev–Trinajstić information content (AvgIpc) is 2.68. The lowest BCUT2D eigenvalue weighted by Crippen LogP contribution is -2.66. The molecule has 1 amide bonds. The van der Waals surface area contributed by atoms with Crippen LogP contribution in [-0.2, 0) is 30.2 Å². The third-order valence-corrected chi connectivity index (χ3v) is 11.3. The number of carbonyl (C=O) groups excluding carboxylic acids is 3. The second-order valence-electron chi connectivity index (χ2n) is 10.2. The molecule has 1 heterocycles. The van der Waals surface area contributed by atoms with Gasteiger partial charge in [-0.1, -0.05) is 27.7 Å². The van der Waals surface area contributed by atoms with Gasteiger partial charge >= 0.3 is 5.97 Å². The minimum Gasteiger partial charge on any atom is -0.460 e. The third kappa shape index (κ3) is 6.48. The summed E-state index contributed by atoms with van der Waals surface area (Å²) in [5, 5.41) is 13.5. The van der Waals surface area contributed by atoms with Crippen LogP contribution in [0.5, 0.6) is 0 Å². The molecule has 9 nitrogen and oxygen atoms in total. The van der Waals surface area contributed by atoms with Gasteiger partial charge < -0.3 is 14.5 Å². The van der Waals surface area contributed by atoms with E-state index in [2.05, 4.69) is 39.2 Å². The summed E-state index contributed by atoms with van der Waals surface area (Å²) >= 11 is 0. The van der Waals surface area contributed by atoms with Crippen molar-refractivity contribution in [2.45, 2.75) is 77.9 Å². The van der Waals surface area contributed by atoms with E-state index in [4.69, 9.17) is 9.16 Å². The Labute approximate surface area is 195 Å². The van der Waals surface area contributed by atoms with Crippen molar-refractivity contribution in [3.63, 3.8) is 0 Å². The molecule has 1 N–H and O–H groups in total. The van der Waals surface area contributed by atoms with Crippen LogP contribution in [0.25, 0.3) is 0 Å². The molecule has 182 valence electrons. The Morgan fingerprint density at radius 1 is 1.18 bits per heavy atom. The fourth-order valence-corrected chi connectivity index (χ4v) is 4.93. The lowest BCUT2D eigenvalue weighted by molar-refractivity contribution is -0.384. The fraction of sp³-hybridized carbons (Fsp3) is 0.609. The molecule has 1 aliphatic rings. The molecule has 0 saturated carbocycles. The van der Waals surface area contributed by atoms with Gasteiger partial charge in [-0.25, -0.2) is 0 Å². The highest BCUT2D eigenvalue weighted by atomic mass is 28.4. The van der Waals surface area contributed by atoms with Crippen molar-refractivity contribution in [2.24, 2.45) is 11.8 Å². The van der Waals surface area contributed by atoms with E-state index < -0.39 is 43.5 Å². The first-order valence-electron chi connectivity index (χ1n) is 11.0. The number of ketones is 1. The number of Topliss-reactive ketones (excluding diaryl/α,β-unsaturated/α-hetero) is 1. The van der Waals surface area contributed by atoms with E-state index in [0.29, 0.717) is 5.56 Å². The van der Waals surface area contributed by atoms with E-state index in [9.17, 15) is 24.5 Å². The van der Waals surface area contributed by atoms with Crippen LogP contribution in [0.15, 0.2) is 24.3 Å². The fourth-order valence-electron chi connectivity index (χ4n) is 3.51. The van der Waals surface area contributed by atoms with Crippen molar-refractivity contribution in [3.05, 3.63) is 39.9 Å². The van der Waals surface area contributed by atoms with Crippen LogP contribution in [0.2, 0.25) is 18.1 Å². The zero-order chi connectivity index (χ0) is 25.1. The van der Waals surface area contributed by atoms with Gasteiger partial charge in [-0.3, -0.25) is 24.5 Å². The minimum absolute atomic E-state index is 0.00809. The molecule has 1 aromatic rings. The first-order chi connectivity index (χ1) is 15.1. The van der Waals surface area contributed by atoms with Crippen LogP contribution >= 0.6 is 0 Å². The molecule has 2 rings (SSSR count). The minimum atomic E-state index is -2.09. The SMILES string of the molecule is CC(C(=O)CC(=O)OCc1ccc([N+](=O)[O-])cc1)[C@H]1NC(=O)[C@H]1[C@@H](C)O[Si](C)(C)C(C)(C)C. The van der Waals surface area contributed by atoms with E-state index in [1.807, 2.05) is 6.92 Å². The van der Waals surface area contributed by atoms with E-state index in [-0.39, 0.29) is 35.1 Å². The van der Waals surface area contributed by atoms with Gasteiger partial charge in [0.15, 0.2) is 8.32 Å². The van der Waals surface area contributed by atoms with Gasteiger partial charge in [0.05, 0.1) is 23.0 Å². The van der Waals surface area contributed by atoms with Gasteiger partial charge in [-0.2, -0.15) is 0 Å². The summed E-state index contributed by atoms with van der Waals surface area (Å²) in [6, 6.07) is 5.24. The largest absolute Gasteiger partial charge is 0.460 e. The maximum Gasteiger partial charge on any atom is 0.313 e. The number of hydrogen-bond donors (Lipinski definition) is 1. The predicted octanol–water partition coefficient (Wildman–Crippen LogP) is 3.76. The quantitative estimate of drug-likeness (QED) is 0.136. The summed E-state index contributed by atoms with van der Waals surface area (Å²) in [6.45, 7) is 14.1. The van der Waals surface area contributed by atoms with Crippen LogP contribution in [0.1, 0.15) is 46.6 Å². The van der Waals surface area contributed by atoms with Crippen molar-refractivity contribution in [3.8, 4) is 0 Å². The van der Waals surface area contributed by atoms with Crippen molar-refractivity contribution >= 4 is 31.7 Å². The molecule has 0 aliphatic carbocycles. The summed E-state index contributed by atoms with van der Waals surface area (Å²) in [6.07, 6.45) is -0.751. The number of amides is 1. The van der Waals surface area contributed by atoms with Crippen molar-refractivity contribution in [2.75, 3.05) is 0 Å².